The molecule has 2 aromatic carbocycles. The van der Waals surface area contributed by atoms with Crippen molar-refractivity contribution in [2.45, 2.75) is 13.8 Å². The number of nitrogens with one attached hydrogen (secondary N) is 1. The first kappa shape index (κ1) is 17.5. The lowest BCUT2D eigenvalue weighted by atomic mass is 10.1. The summed E-state index contributed by atoms with van der Waals surface area (Å²) in [7, 11) is 1.53. The van der Waals surface area contributed by atoms with Crippen LogP contribution in [0.1, 0.15) is 24.2 Å². The fraction of sp³-hybridized carbons (Fsp3) is 0.278. The molecule has 0 atom stereocenters. The van der Waals surface area contributed by atoms with Gasteiger partial charge in [0, 0.05) is 11.3 Å². The van der Waals surface area contributed by atoms with Crippen molar-refractivity contribution in [2.24, 2.45) is 0 Å². The number of nitrogens with two attached hydrogens (primary N) is 1. The number of amides is 1. The maximum Gasteiger partial charge on any atom is 0.255 e. The van der Waals surface area contributed by atoms with Gasteiger partial charge >= 0.3 is 0 Å². The van der Waals surface area contributed by atoms with Crippen molar-refractivity contribution in [3.8, 4) is 17.2 Å². The highest BCUT2D eigenvalue weighted by molar-refractivity contribution is 6.05. The van der Waals surface area contributed by atoms with E-state index < -0.39 is 0 Å². The number of hydrogen-bond donors (Lipinski definition) is 2. The van der Waals surface area contributed by atoms with Crippen LogP contribution in [0.4, 0.5) is 11.4 Å². The maximum absolute atomic E-state index is 12.5. The lowest BCUT2D eigenvalue weighted by Crippen LogP contribution is -2.13. The van der Waals surface area contributed by atoms with Gasteiger partial charge in [0.15, 0.2) is 11.5 Å². The van der Waals surface area contributed by atoms with Gasteiger partial charge in [-0.2, -0.15) is 0 Å². The zero-order chi connectivity index (χ0) is 17.5. The number of carbonyl (C=O) groups is 1. The standard InChI is InChI=1S/C18H22N2O4/c1-4-23-16-8-6-12(10-17(16)24-5-2)18(21)20-14-11-13(19)7-9-15(14)22-3/h6-11H,4-5,19H2,1-3H3,(H,20,21). The van der Waals surface area contributed by atoms with Gasteiger partial charge in [0.1, 0.15) is 5.75 Å². The van der Waals surface area contributed by atoms with Crippen LogP contribution >= 0.6 is 0 Å². The van der Waals surface area contributed by atoms with Crippen molar-refractivity contribution in [2.75, 3.05) is 31.4 Å². The highest BCUT2D eigenvalue weighted by Crippen LogP contribution is 2.30. The smallest absolute Gasteiger partial charge is 0.255 e. The predicted molar refractivity (Wildman–Crippen MR) is 94.1 cm³/mol. The van der Waals surface area contributed by atoms with Gasteiger partial charge in [-0.25, -0.2) is 0 Å². The van der Waals surface area contributed by atoms with Crippen molar-refractivity contribution in [1.29, 1.82) is 0 Å². The van der Waals surface area contributed by atoms with E-state index in [1.165, 1.54) is 7.11 Å². The predicted octanol–water partition coefficient (Wildman–Crippen LogP) is 3.33. The lowest BCUT2D eigenvalue weighted by Gasteiger charge is -2.14. The van der Waals surface area contributed by atoms with Gasteiger partial charge in [0.25, 0.3) is 5.91 Å². The minimum atomic E-state index is -0.289. The van der Waals surface area contributed by atoms with Crippen LogP contribution in [0.15, 0.2) is 36.4 Å². The summed E-state index contributed by atoms with van der Waals surface area (Å²) >= 11 is 0. The molecule has 1 amide bonds. The Balaban J connectivity index is 2.26. The molecule has 0 bridgehead atoms. The Morgan fingerprint density at radius 3 is 2.33 bits per heavy atom. The van der Waals surface area contributed by atoms with Crippen LogP contribution in [0.3, 0.4) is 0 Å². The summed E-state index contributed by atoms with van der Waals surface area (Å²) in [5, 5.41) is 2.80. The van der Waals surface area contributed by atoms with E-state index in [9.17, 15) is 4.79 Å². The molecule has 0 fully saturated rings. The molecule has 24 heavy (non-hydrogen) atoms. The highest BCUT2D eigenvalue weighted by Gasteiger charge is 2.14. The molecule has 0 unspecified atom stereocenters. The summed E-state index contributed by atoms with van der Waals surface area (Å²) in [5.74, 6) is 1.39. The monoisotopic (exact) mass is 330 g/mol. The van der Waals surface area contributed by atoms with Gasteiger partial charge in [-0.1, -0.05) is 0 Å². The van der Waals surface area contributed by atoms with E-state index in [0.717, 1.165) is 0 Å². The Labute approximate surface area is 141 Å². The normalized spacial score (nSPS) is 10.1. The van der Waals surface area contributed by atoms with Crippen LogP contribution in [0.25, 0.3) is 0 Å². The SMILES string of the molecule is CCOc1ccc(C(=O)Nc2cc(N)ccc2OC)cc1OCC. The number of ether oxygens (including phenoxy) is 3. The molecule has 0 aliphatic carbocycles. The zero-order valence-corrected chi connectivity index (χ0v) is 14.1. The van der Waals surface area contributed by atoms with E-state index in [1.807, 2.05) is 13.8 Å². The molecular weight excluding hydrogens is 308 g/mol. The summed E-state index contributed by atoms with van der Waals surface area (Å²) in [4.78, 5) is 12.5. The van der Waals surface area contributed by atoms with Crippen molar-refractivity contribution in [3.05, 3.63) is 42.0 Å². The molecule has 0 spiro atoms. The van der Waals surface area contributed by atoms with E-state index in [4.69, 9.17) is 19.9 Å². The van der Waals surface area contributed by atoms with Crippen molar-refractivity contribution in [3.63, 3.8) is 0 Å². The second-order valence-electron chi connectivity index (χ2n) is 4.94. The average Bonchev–Trinajstić information content (AvgIpc) is 2.57. The largest absolute Gasteiger partial charge is 0.495 e. The molecule has 3 N–H and O–H groups in total. The van der Waals surface area contributed by atoms with Crippen LogP contribution < -0.4 is 25.3 Å². The Kier molecular flexibility index (Phi) is 5.89. The van der Waals surface area contributed by atoms with Gasteiger partial charge in [0.2, 0.25) is 0 Å². The minimum Gasteiger partial charge on any atom is -0.495 e. The number of anilines is 2. The van der Waals surface area contributed by atoms with Gasteiger partial charge < -0.3 is 25.3 Å². The first-order chi connectivity index (χ1) is 11.6. The van der Waals surface area contributed by atoms with Crippen LogP contribution in [-0.2, 0) is 0 Å². The summed E-state index contributed by atoms with van der Waals surface area (Å²) in [6, 6.07) is 10.1. The first-order valence-corrected chi connectivity index (χ1v) is 7.73. The number of rotatable bonds is 7. The fourth-order valence-electron chi connectivity index (χ4n) is 2.21. The minimum absolute atomic E-state index is 0.289. The molecule has 0 radical (unpaired) electrons. The third kappa shape index (κ3) is 4.10. The molecule has 0 aliphatic rings. The van der Waals surface area contributed by atoms with E-state index in [1.54, 1.807) is 36.4 Å². The van der Waals surface area contributed by atoms with Gasteiger partial charge in [-0.05, 0) is 50.2 Å². The summed E-state index contributed by atoms with van der Waals surface area (Å²) in [6.07, 6.45) is 0. The third-order valence-electron chi connectivity index (χ3n) is 3.28. The molecule has 0 saturated carbocycles. The Hall–Kier alpha value is -2.89. The van der Waals surface area contributed by atoms with E-state index >= 15 is 0 Å². The van der Waals surface area contributed by atoms with E-state index in [0.29, 0.717) is 47.4 Å². The lowest BCUT2D eigenvalue weighted by molar-refractivity contribution is 0.102. The second kappa shape index (κ2) is 8.10. The van der Waals surface area contributed by atoms with Gasteiger partial charge in [-0.3, -0.25) is 4.79 Å². The topological polar surface area (TPSA) is 82.8 Å². The second-order valence-corrected chi connectivity index (χ2v) is 4.94. The van der Waals surface area contributed by atoms with Crippen molar-refractivity contribution >= 4 is 17.3 Å². The van der Waals surface area contributed by atoms with Crippen LogP contribution in [0, 0.1) is 0 Å². The van der Waals surface area contributed by atoms with Crippen LogP contribution in [0.2, 0.25) is 0 Å². The number of hydrogen-bond acceptors (Lipinski definition) is 5. The maximum atomic E-state index is 12.5. The molecule has 0 aliphatic heterocycles. The van der Waals surface area contributed by atoms with Crippen LogP contribution in [0.5, 0.6) is 17.2 Å². The number of carbonyl (C=O) groups excluding carboxylic acids is 1. The molecule has 128 valence electrons. The fourth-order valence-corrected chi connectivity index (χ4v) is 2.21. The molecule has 6 heteroatoms. The molecule has 2 rings (SSSR count). The molecule has 0 saturated heterocycles. The highest BCUT2D eigenvalue weighted by atomic mass is 16.5. The third-order valence-corrected chi connectivity index (χ3v) is 3.28. The quantitative estimate of drug-likeness (QED) is 0.761. The average molecular weight is 330 g/mol. The van der Waals surface area contributed by atoms with Crippen molar-refractivity contribution in [1.82, 2.24) is 0 Å². The van der Waals surface area contributed by atoms with Gasteiger partial charge in [0.05, 0.1) is 26.0 Å². The summed E-state index contributed by atoms with van der Waals surface area (Å²) in [6.45, 7) is 4.77. The Morgan fingerprint density at radius 1 is 1.00 bits per heavy atom. The van der Waals surface area contributed by atoms with E-state index in [2.05, 4.69) is 5.32 Å². The molecule has 0 heterocycles. The molecular formula is C18H22N2O4. The van der Waals surface area contributed by atoms with E-state index in [-0.39, 0.29) is 5.91 Å². The van der Waals surface area contributed by atoms with Crippen molar-refractivity contribution < 1.29 is 19.0 Å². The Bertz CT molecular complexity index is 716. The zero-order valence-electron chi connectivity index (χ0n) is 14.1. The Morgan fingerprint density at radius 2 is 1.67 bits per heavy atom. The number of benzene rings is 2. The van der Waals surface area contributed by atoms with Crippen LogP contribution in [-0.4, -0.2) is 26.2 Å². The van der Waals surface area contributed by atoms with Gasteiger partial charge in [-0.15, -0.1) is 0 Å². The summed E-state index contributed by atoms with van der Waals surface area (Å²) in [5.41, 5.74) is 7.26. The molecule has 2 aromatic rings. The molecule has 6 nitrogen and oxygen atoms in total. The first-order valence-electron chi connectivity index (χ1n) is 7.73. The summed E-state index contributed by atoms with van der Waals surface area (Å²) < 4.78 is 16.3. The number of methoxy groups -OCH3 is 1. The molecule has 0 aromatic heterocycles. The number of nitrogen functional groups attached to an aromatic ring is 1.